The van der Waals surface area contributed by atoms with Gasteiger partial charge in [-0.3, -0.25) is 9.59 Å². The lowest BCUT2D eigenvalue weighted by Crippen LogP contribution is -2.40. The summed E-state index contributed by atoms with van der Waals surface area (Å²) in [6.07, 6.45) is 3.29. The van der Waals surface area contributed by atoms with Gasteiger partial charge in [-0.2, -0.15) is 0 Å². The van der Waals surface area contributed by atoms with Crippen molar-refractivity contribution in [2.24, 2.45) is 5.92 Å². The molecule has 2 amide bonds. The third-order valence-electron chi connectivity index (χ3n) is 5.01. The lowest BCUT2D eigenvalue weighted by Gasteiger charge is -2.28. The second-order valence-corrected chi connectivity index (χ2v) is 8.05. The highest BCUT2D eigenvalue weighted by Crippen LogP contribution is 2.34. The van der Waals surface area contributed by atoms with E-state index in [1.165, 1.54) is 30.4 Å². The summed E-state index contributed by atoms with van der Waals surface area (Å²) in [5.41, 5.74) is 0.786. The molecule has 2 atom stereocenters. The van der Waals surface area contributed by atoms with Crippen LogP contribution in [-0.4, -0.2) is 22.8 Å². The number of hydrogen-bond donors (Lipinski definition) is 2. The second kappa shape index (κ2) is 7.23. The number of benzene rings is 2. The average molecular weight is 385 g/mol. The van der Waals surface area contributed by atoms with E-state index in [0.29, 0.717) is 11.6 Å². The van der Waals surface area contributed by atoms with Crippen molar-refractivity contribution < 1.29 is 14.0 Å². The summed E-state index contributed by atoms with van der Waals surface area (Å²) in [7, 11) is 0. The van der Waals surface area contributed by atoms with Crippen LogP contribution in [0.25, 0.3) is 21.0 Å². The molecule has 27 heavy (non-hydrogen) atoms. The number of nitrogens with zero attached hydrogens (tertiary/aromatic N) is 1. The van der Waals surface area contributed by atoms with Crippen LogP contribution in [0.5, 0.6) is 0 Å². The Balaban J connectivity index is 1.53. The van der Waals surface area contributed by atoms with E-state index in [4.69, 9.17) is 0 Å². The first-order valence-electron chi connectivity index (χ1n) is 9.06. The van der Waals surface area contributed by atoms with Crippen molar-refractivity contribution in [2.75, 3.05) is 5.32 Å². The maximum Gasteiger partial charge on any atom is 0.229 e. The van der Waals surface area contributed by atoms with Gasteiger partial charge in [0.2, 0.25) is 11.8 Å². The molecule has 2 aromatic carbocycles. The van der Waals surface area contributed by atoms with Crippen LogP contribution in [0.1, 0.15) is 32.6 Å². The Bertz CT molecular complexity index is 1030. The van der Waals surface area contributed by atoms with Gasteiger partial charge in [0.1, 0.15) is 5.82 Å². The number of rotatable bonds is 3. The fraction of sp³-hybridized carbons (Fsp3) is 0.350. The molecular weight excluding hydrogens is 365 g/mol. The van der Waals surface area contributed by atoms with Crippen LogP contribution < -0.4 is 10.6 Å². The lowest BCUT2D eigenvalue weighted by molar-refractivity contribution is -0.123. The molecule has 0 spiro atoms. The average Bonchev–Trinajstić information content (AvgIpc) is 3.03. The zero-order chi connectivity index (χ0) is 19.0. The van der Waals surface area contributed by atoms with Crippen LogP contribution in [0.4, 0.5) is 9.52 Å². The molecule has 1 fully saturated rings. The summed E-state index contributed by atoms with van der Waals surface area (Å²) < 4.78 is 14.4. The van der Waals surface area contributed by atoms with Crippen LogP contribution in [0.3, 0.4) is 0 Å². The highest BCUT2D eigenvalue weighted by molar-refractivity contribution is 7.23. The van der Waals surface area contributed by atoms with E-state index in [0.717, 1.165) is 40.3 Å². The molecule has 1 heterocycles. The number of amides is 2. The van der Waals surface area contributed by atoms with Crippen molar-refractivity contribution in [1.82, 2.24) is 10.3 Å². The minimum Gasteiger partial charge on any atom is -0.354 e. The molecule has 0 saturated heterocycles. The first-order chi connectivity index (χ1) is 13.0. The fourth-order valence-electron chi connectivity index (χ4n) is 3.79. The molecule has 1 aromatic heterocycles. The van der Waals surface area contributed by atoms with Crippen molar-refractivity contribution in [3.63, 3.8) is 0 Å². The molecular formula is C20H20FN3O2S. The topological polar surface area (TPSA) is 71.1 Å². The number of thiazole rings is 1. The van der Waals surface area contributed by atoms with E-state index >= 15 is 0 Å². The molecule has 0 bridgehead atoms. The molecule has 0 radical (unpaired) electrons. The summed E-state index contributed by atoms with van der Waals surface area (Å²) in [4.78, 5) is 28.5. The second-order valence-electron chi connectivity index (χ2n) is 7.05. The zero-order valence-corrected chi connectivity index (χ0v) is 15.7. The predicted octanol–water partition coefficient (Wildman–Crippen LogP) is 4.22. The Morgan fingerprint density at radius 2 is 2.07 bits per heavy atom. The summed E-state index contributed by atoms with van der Waals surface area (Å²) >= 11 is 1.40. The molecule has 1 aliphatic rings. The number of nitrogens with one attached hydrogen (secondary N) is 2. The standard InChI is InChI=1S/C20H20FN3O2S/c1-11(25)22-15-4-2-3-13(10-15)19(26)24-20-23-17-8-5-12-9-14(21)6-7-16(12)18(17)27-20/h5-9,13,15H,2-4,10H2,1H3,(H,22,25)(H,23,24,26)/t13-,15+/m1/s1. The summed E-state index contributed by atoms with van der Waals surface area (Å²) in [5.74, 6) is -0.519. The Morgan fingerprint density at radius 1 is 1.22 bits per heavy atom. The fourth-order valence-corrected chi connectivity index (χ4v) is 4.80. The van der Waals surface area contributed by atoms with Gasteiger partial charge in [-0.25, -0.2) is 9.37 Å². The van der Waals surface area contributed by atoms with Crippen LogP contribution in [0.2, 0.25) is 0 Å². The Morgan fingerprint density at radius 3 is 2.89 bits per heavy atom. The smallest absolute Gasteiger partial charge is 0.229 e. The Labute approximate surface area is 160 Å². The van der Waals surface area contributed by atoms with Gasteiger partial charge in [-0.1, -0.05) is 23.8 Å². The van der Waals surface area contributed by atoms with Crippen LogP contribution >= 0.6 is 11.3 Å². The lowest BCUT2D eigenvalue weighted by atomic mass is 9.85. The highest BCUT2D eigenvalue weighted by Gasteiger charge is 2.28. The zero-order valence-electron chi connectivity index (χ0n) is 14.9. The Kier molecular flexibility index (Phi) is 4.78. The summed E-state index contributed by atoms with van der Waals surface area (Å²) in [5, 5.41) is 8.14. The number of hydrogen-bond acceptors (Lipinski definition) is 4. The predicted molar refractivity (Wildman–Crippen MR) is 105 cm³/mol. The summed E-state index contributed by atoms with van der Waals surface area (Å²) in [6.45, 7) is 1.50. The maximum absolute atomic E-state index is 13.4. The highest BCUT2D eigenvalue weighted by atomic mass is 32.1. The minimum atomic E-state index is -0.272. The van der Waals surface area contributed by atoms with E-state index < -0.39 is 0 Å². The van der Waals surface area contributed by atoms with E-state index in [1.807, 2.05) is 12.1 Å². The SMILES string of the molecule is CC(=O)N[C@H]1CCC[C@@H](C(=O)Nc2nc3ccc4cc(F)ccc4c3s2)C1. The molecule has 1 aliphatic carbocycles. The van der Waals surface area contributed by atoms with Crippen molar-refractivity contribution in [2.45, 2.75) is 38.6 Å². The number of carbonyl (C=O) groups is 2. The van der Waals surface area contributed by atoms with Crippen molar-refractivity contribution in [1.29, 1.82) is 0 Å². The molecule has 140 valence electrons. The van der Waals surface area contributed by atoms with Crippen LogP contribution in [0, 0.1) is 11.7 Å². The molecule has 0 aliphatic heterocycles. The van der Waals surface area contributed by atoms with Crippen molar-refractivity contribution in [3.05, 3.63) is 36.1 Å². The van der Waals surface area contributed by atoms with Gasteiger partial charge in [-0.05, 0) is 48.9 Å². The number of halogens is 1. The first-order valence-corrected chi connectivity index (χ1v) is 9.88. The van der Waals surface area contributed by atoms with Crippen LogP contribution in [0.15, 0.2) is 30.3 Å². The largest absolute Gasteiger partial charge is 0.354 e. The van der Waals surface area contributed by atoms with E-state index in [2.05, 4.69) is 15.6 Å². The molecule has 0 unspecified atom stereocenters. The Hall–Kier alpha value is -2.54. The normalized spacial score (nSPS) is 19.9. The number of anilines is 1. The third kappa shape index (κ3) is 3.78. The number of fused-ring (bicyclic) bond motifs is 3. The monoisotopic (exact) mass is 385 g/mol. The van der Waals surface area contributed by atoms with Gasteiger partial charge in [0.15, 0.2) is 5.13 Å². The quantitative estimate of drug-likeness (QED) is 0.709. The van der Waals surface area contributed by atoms with Gasteiger partial charge in [0, 0.05) is 24.3 Å². The van der Waals surface area contributed by atoms with Crippen LogP contribution in [-0.2, 0) is 9.59 Å². The van der Waals surface area contributed by atoms with E-state index in [1.54, 1.807) is 6.07 Å². The molecule has 2 N–H and O–H groups in total. The van der Waals surface area contributed by atoms with E-state index in [9.17, 15) is 14.0 Å². The summed E-state index contributed by atoms with van der Waals surface area (Å²) in [6, 6.07) is 8.42. The van der Waals surface area contributed by atoms with Gasteiger partial charge in [0.25, 0.3) is 0 Å². The third-order valence-corrected chi connectivity index (χ3v) is 6.03. The minimum absolute atomic E-state index is 0.0561. The van der Waals surface area contributed by atoms with Gasteiger partial charge in [-0.15, -0.1) is 0 Å². The molecule has 1 saturated carbocycles. The van der Waals surface area contributed by atoms with Crippen molar-refractivity contribution in [3.8, 4) is 0 Å². The van der Waals surface area contributed by atoms with Gasteiger partial charge in [0.05, 0.1) is 10.2 Å². The number of aromatic nitrogens is 1. The van der Waals surface area contributed by atoms with Crippen molar-refractivity contribution >= 4 is 49.3 Å². The number of carbonyl (C=O) groups excluding carboxylic acids is 2. The van der Waals surface area contributed by atoms with Gasteiger partial charge >= 0.3 is 0 Å². The first kappa shape index (κ1) is 17.9. The van der Waals surface area contributed by atoms with E-state index in [-0.39, 0.29) is 29.6 Å². The maximum atomic E-state index is 13.4. The molecule has 4 rings (SSSR count). The molecule has 7 heteroatoms. The van der Waals surface area contributed by atoms with Gasteiger partial charge < -0.3 is 10.6 Å². The molecule has 5 nitrogen and oxygen atoms in total. The molecule has 3 aromatic rings.